The van der Waals surface area contributed by atoms with Crippen LogP contribution in [0.25, 0.3) is 0 Å². The van der Waals surface area contributed by atoms with Crippen LogP contribution in [-0.4, -0.2) is 52.7 Å². The second-order valence-corrected chi connectivity index (χ2v) is 7.73. The van der Waals surface area contributed by atoms with E-state index in [2.05, 4.69) is 11.0 Å². The number of hydrogen-bond donors (Lipinski definition) is 0. The van der Waals surface area contributed by atoms with Gasteiger partial charge < -0.3 is 9.64 Å². The highest BCUT2D eigenvalue weighted by Gasteiger charge is 2.56. The van der Waals surface area contributed by atoms with E-state index in [1.165, 1.54) is 12.8 Å². The SMILES string of the molecule is CC(C)(C)OC(=O)N1CCN(C(C#N)C2CC2)C2(CC2)C1. The number of carbonyl (C=O) groups excluding carboxylic acids is 1. The first-order chi connectivity index (χ1) is 9.85. The molecule has 0 aromatic carbocycles. The Morgan fingerprint density at radius 2 is 2.00 bits per heavy atom. The Balaban J connectivity index is 1.65. The molecule has 1 heterocycles. The molecule has 3 fully saturated rings. The molecule has 1 saturated heterocycles. The van der Waals surface area contributed by atoms with Crippen molar-refractivity contribution in [2.24, 2.45) is 5.92 Å². The van der Waals surface area contributed by atoms with Crippen LogP contribution in [0.3, 0.4) is 0 Å². The Labute approximate surface area is 126 Å². The zero-order valence-electron chi connectivity index (χ0n) is 13.3. The van der Waals surface area contributed by atoms with Crippen molar-refractivity contribution in [3.05, 3.63) is 0 Å². The van der Waals surface area contributed by atoms with Crippen molar-refractivity contribution in [1.82, 2.24) is 9.80 Å². The fraction of sp³-hybridized carbons (Fsp3) is 0.875. The van der Waals surface area contributed by atoms with E-state index in [-0.39, 0.29) is 17.7 Å². The first-order valence-electron chi connectivity index (χ1n) is 7.99. The van der Waals surface area contributed by atoms with Crippen molar-refractivity contribution in [3.63, 3.8) is 0 Å². The van der Waals surface area contributed by atoms with Crippen molar-refractivity contribution >= 4 is 6.09 Å². The highest BCUT2D eigenvalue weighted by molar-refractivity contribution is 5.68. The molecule has 1 amide bonds. The topological polar surface area (TPSA) is 56.6 Å². The maximum Gasteiger partial charge on any atom is 0.410 e. The van der Waals surface area contributed by atoms with Gasteiger partial charge in [-0.1, -0.05) is 0 Å². The van der Waals surface area contributed by atoms with Crippen LogP contribution >= 0.6 is 0 Å². The summed E-state index contributed by atoms with van der Waals surface area (Å²) in [5, 5.41) is 9.48. The van der Waals surface area contributed by atoms with Crippen LogP contribution in [0.1, 0.15) is 46.5 Å². The molecule has 3 aliphatic rings. The summed E-state index contributed by atoms with van der Waals surface area (Å²) in [4.78, 5) is 16.5. The molecule has 116 valence electrons. The van der Waals surface area contributed by atoms with E-state index in [1.807, 2.05) is 25.7 Å². The lowest BCUT2D eigenvalue weighted by Crippen LogP contribution is -2.60. The van der Waals surface area contributed by atoms with Crippen molar-refractivity contribution in [1.29, 1.82) is 5.26 Å². The van der Waals surface area contributed by atoms with Crippen molar-refractivity contribution in [3.8, 4) is 6.07 Å². The van der Waals surface area contributed by atoms with E-state index in [0.29, 0.717) is 19.0 Å². The van der Waals surface area contributed by atoms with Crippen LogP contribution < -0.4 is 0 Å². The summed E-state index contributed by atoms with van der Waals surface area (Å²) in [5.74, 6) is 0.556. The van der Waals surface area contributed by atoms with Gasteiger partial charge in [-0.3, -0.25) is 4.90 Å². The molecule has 1 atom stereocenters. The Morgan fingerprint density at radius 1 is 1.33 bits per heavy atom. The molecular weight excluding hydrogens is 266 g/mol. The summed E-state index contributed by atoms with van der Waals surface area (Å²) < 4.78 is 5.48. The number of piperazine rings is 1. The quantitative estimate of drug-likeness (QED) is 0.784. The van der Waals surface area contributed by atoms with Crippen LogP contribution in [0.15, 0.2) is 0 Å². The number of nitrogens with zero attached hydrogens (tertiary/aromatic N) is 3. The first-order valence-corrected chi connectivity index (χ1v) is 7.99. The maximum absolute atomic E-state index is 12.2. The smallest absolute Gasteiger partial charge is 0.410 e. The Morgan fingerprint density at radius 3 is 2.48 bits per heavy atom. The summed E-state index contributed by atoms with van der Waals surface area (Å²) in [6, 6.07) is 2.55. The van der Waals surface area contributed by atoms with Gasteiger partial charge >= 0.3 is 6.09 Å². The average Bonchev–Trinajstić information content (AvgIpc) is 3.26. The fourth-order valence-electron chi connectivity index (χ4n) is 3.34. The number of carbonyl (C=O) groups is 1. The lowest BCUT2D eigenvalue weighted by atomic mass is 10.0. The van der Waals surface area contributed by atoms with Crippen molar-refractivity contribution in [2.75, 3.05) is 19.6 Å². The molecule has 2 saturated carbocycles. The van der Waals surface area contributed by atoms with E-state index < -0.39 is 5.60 Å². The van der Waals surface area contributed by atoms with E-state index in [4.69, 9.17) is 4.74 Å². The largest absolute Gasteiger partial charge is 0.444 e. The minimum Gasteiger partial charge on any atom is -0.444 e. The number of amides is 1. The van der Waals surface area contributed by atoms with Gasteiger partial charge in [-0.05, 0) is 52.4 Å². The van der Waals surface area contributed by atoms with Gasteiger partial charge in [0.15, 0.2) is 0 Å². The van der Waals surface area contributed by atoms with Gasteiger partial charge in [-0.25, -0.2) is 4.79 Å². The molecule has 1 unspecified atom stereocenters. The van der Waals surface area contributed by atoms with E-state index in [1.54, 1.807) is 0 Å². The normalized spacial score (nSPS) is 26.3. The highest BCUT2D eigenvalue weighted by atomic mass is 16.6. The zero-order chi connectivity index (χ0) is 15.3. The Bertz CT molecular complexity index is 469. The molecule has 0 N–H and O–H groups in total. The molecule has 5 nitrogen and oxygen atoms in total. The van der Waals surface area contributed by atoms with Gasteiger partial charge in [0.25, 0.3) is 0 Å². The molecular formula is C16H25N3O2. The van der Waals surface area contributed by atoms with Crippen molar-refractivity contribution < 1.29 is 9.53 Å². The van der Waals surface area contributed by atoms with Crippen LogP contribution in [0.4, 0.5) is 4.79 Å². The number of rotatable bonds is 2. The fourth-order valence-corrected chi connectivity index (χ4v) is 3.34. The molecule has 21 heavy (non-hydrogen) atoms. The summed E-state index contributed by atoms with van der Waals surface area (Å²) in [7, 11) is 0. The molecule has 2 aliphatic carbocycles. The standard InChI is InChI=1S/C16H25N3O2/c1-15(2,3)21-14(20)18-8-9-19(16(11-18)6-7-16)13(10-17)12-4-5-12/h12-13H,4-9,11H2,1-3H3. The molecule has 0 radical (unpaired) electrons. The van der Waals surface area contributed by atoms with Crippen LogP contribution in [0.2, 0.25) is 0 Å². The third-order valence-electron chi connectivity index (χ3n) is 4.72. The summed E-state index contributed by atoms with van der Waals surface area (Å²) in [6.07, 6.45) is 4.34. The molecule has 3 rings (SSSR count). The third kappa shape index (κ3) is 3.01. The van der Waals surface area contributed by atoms with Gasteiger partial charge in [-0.15, -0.1) is 0 Å². The zero-order valence-corrected chi connectivity index (χ0v) is 13.3. The molecule has 0 bridgehead atoms. The predicted molar refractivity (Wildman–Crippen MR) is 78.6 cm³/mol. The summed E-state index contributed by atoms with van der Waals surface area (Å²) in [6.45, 7) is 7.87. The number of nitriles is 1. The molecule has 5 heteroatoms. The van der Waals surface area contributed by atoms with Gasteiger partial charge in [-0.2, -0.15) is 5.26 Å². The first kappa shape index (κ1) is 14.6. The minimum absolute atomic E-state index is 0.0493. The average molecular weight is 291 g/mol. The molecule has 1 aliphatic heterocycles. The second kappa shape index (κ2) is 4.88. The summed E-state index contributed by atoms with van der Waals surface area (Å²) in [5.41, 5.74) is -0.397. The predicted octanol–water partition coefficient (Wildman–Crippen LogP) is 2.37. The van der Waals surface area contributed by atoms with Gasteiger partial charge in [0.2, 0.25) is 0 Å². The molecule has 0 aromatic heterocycles. The molecule has 1 spiro atoms. The van der Waals surface area contributed by atoms with E-state index >= 15 is 0 Å². The van der Waals surface area contributed by atoms with Gasteiger partial charge in [0, 0.05) is 25.2 Å². The van der Waals surface area contributed by atoms with Crippen LogP contribution in [0.5, 0.6) is 0 Å². The number of hydrogen-bond acceptors (Lipinski definition) is 4. The Kier molecular flexibility index (Phi) is 3.40. The van der Waals surface area contributed by atoms with Gasteiger partial charge in [0.05, 0.1) is 6.07 Å². The van der Waals surface area contributed by atoms with Gasteiger partial charge in [0.1, 0.15) is 11.6 Å². The lowest BCUT2D eigenvalue weighted by molar-refractivity contribution is -0.00758. The van der Waals surface area contributed by atoms with Crippen LogP contribution in [-0.2, 0) is 4.74 Å². The highest BCUT2D eigenvalue weighted by Crippen LogP contribution is 2.48. The molecule has 0 aromatic rings. The van der Waals surface area contributed by atoms with Crippen LogP contribution in [0, 0.1) is 17.2 Å². The van der Waals surface area contributed by atoms with E-state index in [0.717, 1.165) is 19.4 Å². The monoisotopic (exact) mass is 291 g/mol. The Hall–Kier alpha value is -1.28. The lowest BCUT2D eigenvalue weighted by Gasteiger charge is -2.44. The van der Waals surface area contributed by atoms with Crippen molar-refractivity contribution in [2.45, 2.75) is 63.6 Å². The van der Waals surface area contributed by atoms with E-state index in [9.17, 15) is 10.1 Å². The second-order valence-electron chi connectivity index (χ2n) is 7.73. The minimum atomic E-state index is -0.450. The number of ether oxygens (including phenoxy) is 1. The summed E-state index contributed by atoms with van der Waals surface area (Å²) >= 11 is 0. The third-order valence-corrected chi connectivity index (χ3v) is 4.72. The maximum atomic E-state index is 12.2.